The first-order valence-electron chi connectivity index (χ1n) is 6.93. The normalized spacial score (nSPS) is 11.8. The molecule has 0 saturated carbocycles. The van der Waals surface area contributed by atoms with E-state index in [1.807, 2.05) is 30.3 Å². The summed E-state index contributed by atoms with van der Waals surface area (Å²) in [4.78, 5) is 11.2. The van der Waals surface area contributed by atoms with Gasteiger partial charge in [-0.1, -0.05) is 46.4 Å². The molecular weight excluding hydrogens is 587 g/mol. The van der Waals surface area contributed by atoms with Crippen LogP contribution in [0.3, 0.4) is 0 Å². The molecule has 1 aliphatic heterocycles. The average Bonchev–Trinajstić information content (AvgIpc) is 2.94. The predicted molar refractivity (Wildman–Crippen MR) is 88.7 cm³/mol. The maximum absolute atomic E-state index is 11.2. The summed E-state index contributed by atoms with van der Waals surface area (Å²) in [6.45, 7) is 0.0869. The van der Waals surface area contributed by atoms with E-state index in [1.54, 1.807) is 0 Å². The third-order valence-corrected chi connectivity index (χ3v) is 9.01. The molecule has 1 N–H and O–H groups in total. The third kappa shape index (κ3) is 4.68. The molecule has 3 rings (SSSR count). The molecule has 0 unspecified atom stereocenters. The van der Waals surface area contributed by atoms with E-state index in [1.165, 1.54) is 0 Å². The van der Waals surface area contributed by atoms with E-state index >= 15 is 0 Å². The van der Waals surface area contributed by atoms with Gasteiger partial charge in [-0.2, -0.15) is 0 Å². The first kappa shape index (κ1) is 20.1. The minimum atomic E-state index is -3.42. The monoisotopic (exact) mass is 596 g/mol. The van der Waals surface area contributed by atoms with E-state index < -0.39 is 29.5 Å². The Labute approximate surface area is 167 Å². The summed E-state index contributed by atoms with van der Waals surface area (Å²) in [7, 11) is 0. The number of hydrogen-bond donors (Lipinski definition) is 1. The van der Waals surface area contributed by atoms with E-state index in [0.717, 1.165) is 5.56 Å². The van der Waals surface area contributed by atoms with Crippen molar-refractivity contribution >= 4 is 52.4 Å². The van der Waals surface area contributed by atoms with Gasteiger partial charge >= 0.3 is 75.0 Å². The first-order valence-corrected chi connectivity index (χ1v) is 17.0. The standard InChI is InChI=1S/C8H2Cl4O2.C7H7.Hg.H2O.O/c9-4-2-1-14-8(13)3(2)5(10)7(12)6(4)11;1-7-5-3-2-4-6-7;;;/h1H2;2-6H,1H2;;1H2;/q;;+1;;/p-1. The molecule has 0 amide bonds. The second-order valence-corrected chi connectivity index (χ2v) is 12.8. The Hall–Kier alpha value is -0.235. The molecule has 0 fully saturated rings. The summed E-state index contributed by atoms with van der Waals surface area (Å²) in [5, 5.41) is 0.548. The molecule has 0 bridgehead atoms. The van der Waals surface area contributed by atoms with Crippen molar-refractivity contribution in [2.24, 2.45) is 0 Å². The summed E-state index contributed by atoms with van der Waals surface area (Å²) in [6, 6.07) is 9.42. The molecule has 0 atom stereocenters. The number of carbonyl (C=O) groups excluding carboxylic acids is 1. The quantitative estimate of drug-likeness (QED) is 0.229. The van der Waals surface area contributed by atoms with Crippen LogP contribution in [0, 0.1) is 0 Å². The summed E-state index contributed by atoms with van der Waals surface area (Å²) < 4.78 is 24.4. The van der Waals surface area contributed by atoms with E-state index in [4.69, 9.17) is 54.2 Å². The van der Waals surface area contributed by atoms with Gasteiger partial charge in [-0.05, 0) is 0 Å². The van der Waals surface area contributed by atoms with Crippen LogP contribution in [-0.4, -0.2) is 8.98 Å². The topological polar surface area (TPSA) is 63.6 Å². The molecule has 2 aromatic carbocycles. The number of ether oxygens (including phenoxy) is 1. The van der Waals surface area contributed by atoms with E-state index in [-0.39, 0.29) is 32.3 Å². The van der Waals surface area contributed by atoms with Crippen molar-refractivity contribution < 1.29 is 38.7 Å². The van der Waals surface area contributed by atoms with Crippen molar-refractivity contribution in [2.75, 3.05) is 0 Å². The van der Waals surface area contributed by atoms with Gasteiger partial charge in [0, 0.05) is 5.56 Å². The molecule has 124 valence electrons. The molecular formula is C15H10Cl4HgO4. The Bertz CT molecular complexity index is 796. The van der Waals surface area contributed by atoms with Gasteiger partial charge in [0.15, 0.2) is 0 Å². The number of halogens is 4. The van der Waals surface area contributed by atoms with Crippen molar-refractivity contribution in [1.29, 1.82) is 0 Å². The molecule has 2 aromatic rings. The predicted octanol–water partition coefficient (Wildman–Crippen LogP) is 5.03. The molecule has 9 heteroatoms. The first-order chi connectivity index (χ1) is 11.3. The number of fused-ring (bicyclic) bond motifs is 1. The summed E-state index contributed by atoms with van der Waals surface area (Å²) in [5.41, 5.74) is 1.69. The van der Waals surface area contributed by atoms with E-state index in [2.05, 4.69) is 0 Å². The zero-order valence-corrected chi connectivity index (χ0v) is 20.7. The number of hydrogen-bond acceptors (Lipinski definition) is 3. The average molecular weight is 597 g/mol. The van der Waals surface area contributed by atoms with Crippen molar-refractivity contribution in [3.8, 4) is 0 Å². The fourth-order valence-corrected chi connectivity index (χ4v) is 6.37. The molecule has 0 spiro atoms. The molecule has 1 aliphatic rings. The van der Waals surface area contributed by atoms with Crippen LogP contribution in [0.15, 0.2) is 30.3 Å². The summed E-state index contributed by atoms with van der Waals surface area (Å²) in [5.74, 6) is -0.523. The van der Waals surface area contributed by atoms with Gasteiger partial charge in [0.25, 0.3) is 0 Å². The number of esters is 1. The Morgan fingerprint density at radius 2 is 1.58 bits per heavy atom. The van der Waals surface area contributed by atoms with Crippen LogP contribution in [0.5, 0.6) is 0 Å². The molecule has 0 aliphatic carbocycles. The van der Waals surface area contributed by atoms with Crippen molar-refractivity contribution in [1.82, 2.24) is 0 Å². The van der Waals surface area contributed by atoms with Crippen LogP contribution >= 0.6 is 46.4 Å². The van der Waals surface area contributed by atoms with Crippen LogP contribution in [0.2, 0.25) is 20.1 Å². The SMILES string of the molecule is O=C1OCc2c(Cl)c(Cl)c(Cl)c(Cl)c21.[O]=[Hg]([OH])[CH2]c1ccccc1. The Balaban J connectivity index is 0.000000185. The molecule has 0 saturated heterocycles. The molecule has 4 nitrogen and oxygen atoms in total. The number of carbonyl (C=O) groups is 1. The van der Waals surface area contributed by atoms with Gasteiger partial charge in [0.1, 0.15) is 6.61 Å². The van der Waals surface area contributed by atoms with Gasteiger partial charge in [-0.15, -0.1) is 0 Å². The second-order valence-electron chi connectivity index (χ2n) is 4.98. The molecule has 1 heterocycles. The zero-order chi connectivity index (χ0) is 17.9. The summed E-state index contributed by atoms with van der Waals surface area (Å²) in [6.07, 6.45) is 0. The van der Waals surface area contributed by atoms with Gasteiger partial charge < -0.3 is 4.74 Å². The Kier molecular flexibility index (Phi) is 7.47. The number of benzene rings is 2. The second kappa shape index (κ2) is 8.92. The zero-order valence-electron chi connectivity index (χ0n) is 12.2. The third-order valence-electron chi connectivity index (χ3n) is 3.26. The van der Waals surface area contributed by atoms with Gasteiger partial charge in [-0.3, -0.25) is 0 Å². The minimum absolute atomic E-state index is 0.0796. The summed E-state index contributed by atoms with van der Waals surface area (Å²) >= 11 is 19.9. The fraction of sp³-hybridized carbons (Fsp3) is 0.133. The van der Waals surface area contributed by atoms with Crippen LogP contribution in [0.25, 0.3) is 0 Å². The van der Waals surface area contributed by atoms with Gasteiger partial charge in [-0.25, -0.2) is 4.79 Å². The van der Waals surface area contributed by atoms with Crippen molar-refractivity contribution in [3.63, 3.8) is 0 Å². The van der Waals surface area contributed by atoms with Gasteiger partial charge in [0.05, 0.1) is 25.7 Å². The van der Waals surface area contributed by atoms with Crippen molar-refractivity contribution in [2.45, 2.75) is 10.5 Å². The molecule has 24 heavy (non-hydrogen) atoms. The fourth-order valence-electron chi connectivity index (χ4n) is 2.13. The number of rotatable bonds is 2. The van der Waals surface area contributed by atoms with Crippen LogP contribution in [-0.2, 0) is 41.4 Å². The maximum atomic E-state index is 11.2. The molecule has 0 aromatic heterocycles. The Morgan fingerprint density at radius 1 is 1.00 bits per heavy atom. The number of cyclic esters (lactones) is 1. The van der Waals surface area contributed by atoms with E-state index in [9.17, 15) is 7.44 Å². The van der Waals surface area contributed by atoms with E-state index in [0.29, 0.717) is 9.49 Å². The molecule has 0 radical (unpaired) electrons. The van der Waals surface area contributed by atoms with Crippen LogP contribution < -0.4 is 0 Å². The van der Waals surface area contributed by atoms with Crippen LogP contribution in [0.1, 0.15) is 21.5 Å². The van der Waals surface area contributed by atoms with Crippen LogP contribution in [0.4, 0.5) is 0 Å². The Morgan fingerprint density at radius 3 is 2.17 bits per heavy atom. The van der Waals surface area contributed by atoms with Gasteiger partial charge in [0.2, 0.25) is 0 Å². The van der Waals surface area contributed by atoms with Crippen molar-refractivity contribution in [3.05, 3.63) is 67.1 Å².